The lowest BCUT2D eigenvalue weighted by molar-refractivity contribution is 0.111. The van der Waals surface area contributed by atoms with Gasteiger partial charge in [-0.05, 0) is 37.5 Å². The number of hydrogen-bond donors (Lipinski definition) is 1. The molecule has 17 heavy (non-hydrogen) atoms. The molecule has 4 heteroatoms. The third kappa shape index (κ3) is 3.03. The topological polar surface area (TPSA) is 45.8 Å². The van der Waals surface area contributed by atoms with E-state index in [1.165, 1.54) is 5.56 Å². The zero-order chi connectivity index (χ0) is 12.3. The van der Waals surface area contributed by atoms with Crippen molar-refractivity contribution in [3.63, 3.8) is 0 Å². The Balaban J connectivity index is 2.09. The summed E-state index contributed by atoms with van der Waals surface area (Å²) in [7, 11) is 0. The molecule has 1 N–H and O–H groups in total. The summed E-state index contributed by atoms with van der Waals surface area (Å²) in [5.74, 6) is 0.788. The Labute approximate surface area is 108 Å². The molecule has 0 atom stereocenters. The van der Waals surface area contributed by atoms with Crippen molar-refractivity contribution >= 4 is 22.2 Å². The molecule has 0 aliphatic carbocycles. The number of carbonyl (C=O) groups excluding carboxylic acids is 1. The van der Waals surface area contributed by atoms with E-state index < -0.39 is 0 Å². The molecule has 0 unspecified atom stereocenters. The molecule has 88 valence electrons. The van der Waals surface area contributed by atoms with Crippen molar-refractivity contribution < 1.29 is 4.79 Å². The zero-order valence-electron chi connectivity index (χ0n) is 9.53. The minimum absolute atomic E-state index is 0.525. The standard InChI is InChI=1S/C13H13BrN2O/c1-9-15-12(13(8-17)16-9)6-5-10-3-2-4-11(14)7-10/h2-4,7-8H,5-6H2,1H3,(H,15,16). The molecule has 2 rings (SSSR count). The van der Waals surface area contributed by atoms with Crippen molar-refractivity contribution in [1.29, 1.82) is 0 Å². The fourth-order valence-electron chi connectivity index (χ4n) is 1.81. The summed E-state index contributed by atoms with van der Waals surface area (Å²) in [4.78, 5) is 18.1. The summed E-state index contributed by atoms with van der Waals surface area (Å²) >= 11 is 3.44. The number of aromatic amines is 1. The van der Waals surface area contributed by atoms with E-state index in [9.17, 15) is 4.79 Å². The van der Waals surface area contributed by atoms with Crippen LogP contribution in [0, 0.1) is 6.92 Å². The number of nitrogens with one attached hydrogen (secondary N) is 1. The van der Waals surface area contributed by atoms with Crippen LogP contribution < -0.4 is 0 Å². The molecule has 3 nitrogen and oxygen atoms in total. The van der Waals surface area contributed by atoms with Gasteiger partial charge in [0.15, 0.2) is 6.29 Å². The van der Waals surface area contributed by atoms with Gasteiger partial charge in [0, 0.05) is 10.2 Å². The average molecular weight is 293 g/mol. The van der Waals surface area contributed by atoms with Crippen LogP contribution in [0.5, 0.6) is 0 Å². The smallest absolute Gasteiger partial charge is 0.170 e. The number of rotatable bonds is 4. The minimum atomic E-state index is 0.525. The first-order valence-electron chi connectivity index (χ1n) is 5.44. The third-order valence-electron chi connectivity index (χ3n) is 2.59. The van der Waals surface area contributed by atoms with Crippen LogP contribution in [0.1, 0.15) is 27.6 Å². The fourth-order valence-corrected chi connectivity index (χ4v) is 2.26. The van der Waals surface area contributed by atoms with Crippen molar-refractivity contribution in [3.05, 3.63) is 51.5 Å². The predicted octanol–water partition coefficient (Wildman–Crippen LogP) is 3.08. The van der Waals surface area contributed by atoms with Gasteiger partial charge in [-0.2, -0.15) is 0 Å². The maximum atomic E-state index is 10.8. The molecule has 0 aliphatic rings. The SMILES string of the molecule is Cc1nc(C=O)c(CCc2cccc(Br)c2)[nH]1. The molecule has 0 saturated carbocycles. The Hall–Kier alpha value is -1.42. The molecule has 0 fully saturated rings. The van der Waals surface area contributed by atoms with E-state index >= 15 is 0 Å². The molecular formula is C13H13BrN2O. The largest absolute Gasteiger partial charge is 0.345 e. The van der Waals surface area contributed by atoms with Crippen molar-refractivity contribution in [3.8, 4) is 0 Å². The van der Waals surface area contributed by atoms with Crippen molar-refractivity contribution in [1.82, 2.24) is 9.97 Å². The van der Waals surface area contributed by atoms with Gasteiger partial charge in [-0.15, -0.1) is 0 Å². The first-order chi connectivity index (χ1) is 8.19. The maximum absolute atomic E-state index is 10.8. The van der Waals surface area contributed by atoms with Gasteiger partial charge in [0.25, 0.3) is 0 Å². The highest BCUT2D eigenvalue weighted by molar-refractivity contribution is 9.10. The Morgan fingerprint density at radius 3 is 2.94 bits per heavy atom. The quantitative estimate of drug-likeness (QED) is 0.880. The van der Waals surface area contributed by atoms with E-state index in [0.29, 0.717) is 5.69 Å². The lowest BCUT2D eigenvalue weighted by Gasteiger charge is -2.01. The minimum Gasteiger partial charge on any atom is -0.345 e. The van der Waals surface area contributed by atoms with E-state index in [1.807, 2.05) is 19.1 Å². The maximum Gasteiger partial charge on any atom is 0.170 e. The Bertz CT molecular complexity index is 534. The van der Waals surface area contributed by atoms with Crippen LogP contribution in [0.25, 0.3) is 0 Å². The summed E-state index contributed by atoms with van der Waals surface area (Å²) in [5.41, 5.74) is 2.68. The number of H-pyrrole nitrogens is 1. The zero-order valence-corrected chi connectivity index (χ0v) is 11.1. The molecule has 0 radical (unpaired) electrons. The van der Waals surface area contributed by atoms with Gasteiger partial charge in [-0.1, -0.05) is 28.1 Å². The van der Waals surface area contributed by atoms with Crippen LogP contribution in [0.15, 0.2) is 28.7 Å². The Morgan fingerprint density at radius 2 is 2.24 bits per heavy atom. The second-order valence-corrected chi connectivity index (χ2v) is 4.85. The highest BCUT2D eigenvalue weighted by Gasteiger charge is 2.07. The number of carbonyl (C=O) groups is 1. The lowest BCUT2D eigenvalue weighted by Crippen LogP contribution is -1.95. The van der Waals surface area contributed by atoms with Gasteiger partial charge in [0.2, 0.25) is 0 Å². The van der Waals surface area contributed by atoms with Crippen molar-refractivity contribution in [2.24, 2.45) is 0 Å². The van der Waals surface area contributed by atoms with E-state index in [2.05, 4.69) is 38.0 Å². The second-order valence-electron chi connectivity index (χ2n) is 3.93. The number of hydrogen-bond acceptors (Lipinski definition) is 2. The molecule has 1 aromatic carbocycles. The van der Waals surface area contributed by atoms with Gasteiger partial charge in [-0.25, -0.2) is 4.98 Å². The number of halogens is 1. The Morgan fingerprint density at radius 1 is 1.41 bits per heavy atom. The second kappa shape index (κ2) is 5.27. The fraction of sp³-hybridized carbons (Fsp3) is 0.231. The third-order valence-corrected chi connectivity index (χ3v) is 3.09. The molecule has 1 aromatic heterocycles. The molecule has 0 bridgehead atoms. The number of benzene rings is 1. The van der Waals surface area contributed by atoms with Crippen LogP contribution in [-0.4, -0.2) is 16.3 Å². The number of aldehydes is 1. The normalized spacial score (nSPS) is 10.5. The summed E-state index contributed by atoms with van der Waals surface area (Å²) < 4.78 is 1.08. The summed E-state index contributed by atoms with van der Waals surface area (Å²) in [6.45, 7) is 1.86. The molecule has 0 amide bonds. The first-order valence-corrected chi connectivity index (χ1v) is 6.23. The molecule has 2 aromatic rings. The van der Waals surface area contributed by atoms with Crippen LogP contribution in [0.3, 0.4) is 0 Å². The summed E-state index contributed by atoms with van der Waals surface area (Å²) in [6.07, 6.45) is 2.49. The highest BCUT2D eigenvalue weighted by atomic mass is 79.9. The molecule has 0 spiro atoms. The van der Waals surface area contributed by atoms with Crippen molar-refractivity contribution in [2.75, 3.05) is 0 Å². The predicted molar refractivity (Wildman–Crippen MR) is 70.3 cm³/mol. The van der Waals surface area contributed by atoms with Crippen LogP contribution in [0.4, 0.5) is 0 Å². The summed E-state index contributed by atoms with van der Waals surface area (Å²) in [5, 5.41) is 0. The number of aromatic nitrogens is 2. The highest BCUT2D eigenvalue weighted by Crippen LogP contribution is 2.14. The monoisotopic (exact) mass is 292 g/mol. The van der Waals surface area contributed by atoms with Gasteiger partial charge in [0.05, 0.1) is 0 Å². The van der Waals surface area contributed by atoms with Gasteiger partial charge in [0.1, 0.15) is 11.5 Å². The van der Waals surface area contributed by atoms with Crippen molar-refractivity contribution in [2.45, 2.75) is 19.8 Å². The van der Waals surface area contributed by atoms with Gasteiger partial charge >= 0.3 is 0 Å². The van der Waals surface area contributed by atoms with E-state index in [0.717, 1.165) is 35.1 Å². The molecule has 0 saturated heterocycles. The molecule has 0 aliphatic heterocycles. The van der Waals surface area contributed by atoms with Gasteiger partial charge in [-0.3, -0.25) is 4.79 Å². The first kappa shape index (κ1) is 12.0. The molecule has 1 heterocycles. The number of nitrogens with zero attached hydrogens (tertiary/aromatic N) is 1. The average Bonchev–Trinajstić information content (AvgIpc) is 2.67. The van der Waals surface area contributed by atoms with Gasteiger partial charge < -0.3 is 4.98 Å². The lowest BCUT2D eigenvalue weighted by atomic mass is 10.1. The summed E-state index contributed by atoms with van der Waals surface area (Å²) in [6, 6.07) is 8.18. The van der Waals surface area contributed by atoms with E-state index in [-0.39, 0.29) is 0 Å². The van der Waals surface area contributed by atoms with Crippen LogP contribution in [-0.2, 0) is 12.8 Å². The van der Waals surface area contributed by atoms with E-state index in [1.54, 1.807) is 0 Å². The number of imidazole rings is 1. The molecular weight excluding hydrogens is 280 g/mol. The Kier molecular flexibility index (Phi) is 3.74. The number of aryl methyl sites for hydroxylation is 3. The van der Waals surface area contributed by atoms with Crippen LogP contribution in [0.2, 0.25) is 0 Å². The van der Waals surface area contributed by atoms with E-state index in [4.69, 9.17) is 0 Å². The van der Waals surface area contributed by atoms with Crippen LogP contribution >= 0.6 is 15.9 Å².